The van der Waals surface area contributed by atoms with Crippen molar-refractivity contribution in [2.45, 2.75) is 19.3 Å². The smallest absolute Gasteiger partial charge is 0.119 e. The van der Waals surface area contributed by atoms with E-state index in [2.05, 4.69) is 6.07 Å². The van der Waals surface area contributed by atoms with E-state index in [1.807, 2.05) is 49.4 Å². The van der Waals surface area contributed by atoms with E-state index < -0.39 is 0 Å². The lowest BCUT2D eigenvalue weighted by molar-refractivity contribution is 0.264. The quantitative estimate of drug-likeness (QED) is 0.847. The zero-order valence-electron chi connectivity index (χ0n) is 12.6. The van der Waals surface area contributed by atoms with Crippen LogP contribution in [0.15, 0.2) is 48.5 Å². The van der Waals surface area contributed by atoms with Crippen molar-refractivity contribution in [2.75, 3.05) is 20.3 Å². The van der Waals surface area contributed by atoms with Crippen molar-refractivity contribution >= 4 is 0 Å². The van der Waals surface area contributed by atoms with Gasteiger partial charge in [-0.05, 0) is 48.7 Å². The Kier molecular flexibility index (Phi) is 5.64. The van der Waals surface area contributed by atoms with Gasteiger partial charge in [-0.25, -0.2) is 0 Å². The second-order valence-corrected chi connectivity index (χ2v) is 4.94. The van der Waals surface area contributed by atoms with Gasteiger partial charge < -0.3 is 14.6 Å². The van der Waals surface area contributed by atoms with Crippen LogP contribution in [0.3, 0.4) is 0 Å². The molecule has 0 radical (unpaired) electrons. The first kappa shape index (κ1) is 15.4. The van der Waals surface area contributed by atoms with Crippen LogP contribution in [0.25, 0.3) is 0 Å². The summed E-state index contributed by atoms with van der Waals surface area (Å²) in [5.74, 6) is 1.78. The van der Waals surface area contributed by atoms with E-state index in [1.165, 1.54) is 0 Å². The summed E-state index contributed by atoms with van der Waals surface area (Å²) in [5.41, 5.74) is 2.27. The van der Waals surface area contributed by atoms with Crippen LogP contribution >= 0.6 is 0 Å². The molecule has 3 nitrogen and oxygen atoms in total. The normalized spacial score (nSPS) is 12.0. The molecule has 2 aromatic rings. The number of benzene rings is 2. The van der Waals surface area contributed by atoms with Gasteiger partial charge in [0.15, 0.2) is 0 Å². The van der Waals surface area contributed by atoms with Crippen molar-refractivity contribution in [3.05, 3.63) is 59.7 Å². The summed E-state index contributed by atoms with van der Waals surface area (Å²) in [6.07, 6.45) is 0.781. The van der Waals surface area contributed by atoms with Gasteiger partial charge in [0.25, 0.3) is 0 Å². The number of aliphatic hydroxyl groups is 1. The molecule has 0 saturated heterocycles. The highest BCUT2D eigenvalue weighted by molar-refractivity contribution is 5.33. The van der Waals surface area contributed by atoms with Crippen LogP contribution in [0.1, 0.15) is 24.0 Å². The van der Waals surface area contributed by atoms with Gasteiger partial charge >= 0.3 is 0 Å². The third-order valence-electron chi connectivity index (χ3n) is 3.50. The van der Waals surface area contributed by atoms with Gasteiger partial charge in [0.1, 0.15) is 11.5 Å². The maximum atomic E-state index is 9.68. The van der Waals surface area contributed by atoms with E-state index in [1.54, 1.807) is 7.11 Å². The molecule has 0 aliphatic carbocycles. The molecule has 0 saturated carbocycles. The lowest BCUT2D eigenvalue weighted by atomic mass is 9.92. The predicted octanol–water partition coefficient (Wildman–Crippen LogP) is 3.41. The fourth-order valence-electron chi connectivity index (χ4n) is 2.38. The second kappa shape index (κ2) is 7.70. The summed E-state index contributed by atoms with van der Waals surface area (Å²) in [5, 5.41) is 9.68. The molecule has 0 aromatic heterocycles. The van der Waals surface area contributed by atoms with Gasteiger partial charge in [0.2, 0.25) is 0 Å². The van der Waals surface area contributed by atoms with Crippen LogP contribution in [0.5, 0.6) is 11.5 Å². The highest BCUT2D eigenvalue weighted by atomic mass is 16.5. The molecule has 1 atom stereocenters. The Morgan fingerprint density at radius 3 is 2.43 bits per heavy atom. The minimum atomic E-state index is 0.0767. The predicted molar refractivity (Wildman–Crippen MR) is 84.1 cm³/mol. The van der Waals surface area contributed by atoms with E-state index in [4.69, 9.17) is 9.47 Å². The summed E-state index contributed by atoms with van der Waals surface area (Å²) >= 11 is 0. The molecule has 0 heterocycles. The Bertz CT molecular complexity index is 549. The van der Waals surface area contributed by atoms with Crippen LogP contribution in [0.4, 0.5) is 0 Å². The molecule has 2 rings (SSSR count). The molecule has 0 fully saturated rings. The first-order valence-corrected chi connectivity index (χ1v) is 7.23. The highest BCUT2D eigenvalue weighted by Crippen LogP contribution is 2.24. The van der Waals surface area contributed by atoms with Gasteiger partial charge in [-0.1, -0.05) is 24.3 Å². The standard InChI is InChI=1S/C18H22O3/c1-3-21-18-6-4-5-14(12-18)11-16(13-19)15-7-9-17(20-2)10-8-15/h4-10,12,16,19H,3,11,13H2,1-2H3. The second-order valence-electron chi connectivity index (χ2n) is 4.94. The van der Waals surface area contributed by atoms with Crippen LogP contribution < -0.4 is 9.47 Å². The molecular weight excluding hydrogens is 264 g/mol. The fraction of sp³-hybridized carbons (Fsp3) is 0.333. The maximum absolute atomic E-state index is 9.68. The van der Waals surface area contributed by atoms with E-state index in [-0.39, 0.29) is 12.5 Å². The van der Waals surface area contributed by atoms with Crippen LogP contribution in [-0.4, -0.2) is 25.4 Å². The number of hydrogen-bond donors (Lipinski definition) is 1. The summed E-state index contributed by atoms with van der Waals surface area (Å²) < 4.78 is 10.7. The molecule has 21 heavy (non-hydrogen) atoms. The lowest BCUT2D eigenvalue weighted by Crippen LogP contribution is -2.08. The SMILES string of the molecule is CCOc1cccc(CC(CO)c2ccc(OC)cc2)c1. The lowest BCUT2D eigenvalue weighted by Gasteiger charge is -2.16. The topological polar surface area (TPSA) is 38.7 Å². The van der Waals surface area contributed by atoms with E-state index >= 15 is 0 Å². The van der Waals surface area contributed by atoms with Crippen molar-refractivity contribution in [1.82, 2.24) is 0 Å². The van der Waals surface area contributed by atoms with E-state index in [0.717, 1.165) is 29.0 Å². The van der Waals surface area contributed by atoms with Crippen molar-refractivity contribution in [3.63, 3.8) is 0 Å². The maximum Gasteiger partial charge on any atom is 0.119 e. The molecule has 1 unspecified atom stereocenters. The summed E-state index contributed by atoms with van der Waals surface area (Å²) in [7, 11) is 1.65. The van der Waals surface area contributed by atoms with Crippen LogP contribution in [0, 0.1) is 0 Å². The molecular formula is C18H22O3. The van der Waals surface area contributed by atoms with Crippen molar-refractivity contribution in [2.24, 2.45) is 0 Å². The number of aliphatic hydroxyl groups excluding tert-OH is 1. The minimum Gasteiger partial charge on any atom is -0.497 e. The number of rotatable bonds is 7. The first-order valence-electron chi connectivity index (χ1n) is 7.23. The van der Waals surface area contributed by atoms with Gasteiger partial charge in [0, 0.05) is 5.92 Å². The van der Waals surface area contributed by atoms with Crippen molar-refractivity contribution in [1.29, 1.82) is 0 Å². The van der Waals surface area contributed by atoms with Crippen molar-refractivity contribution < 1.29 is 14.6 Å². The molecule has 2 aromatic carbocycles. The highest BCUT2D eigenvalue weighted by Gasteiger charge is 2.12. The largest absolute Gasteiger partial charge is 0.497 e. The molecule has 112 valence electrons. The summed E-state index contributed by atoms with van der Waals surface area (Å²) in [6.45, 7) is 2.75. The molecule has 0 bridgehead atoms. The Morgan fingerprint density at radius 1 is 1.05 bits per heavy atom. The minimum absolute atomic E-state index is 0.0767. The fourth-order valence-corrected chi connectivity index (χ4v) is 2.38. The zero-order chi connectivity index (χ0) is 15.1. The van der Waals surface area contributed by atoms with Gasteiger partial charge in [-0.2, -0.15) is 0 Å². The average molecular weight is 286 g/mol. The molecule has 0 spiro atoms. The molecule has 3 heteroatoms. The average Bonchev–Trinajstić information content (AvgIpc) is 2.53. The number of methoxy groups -OCH3 is 1. The molecule has 0 aliphatic rings. The number of hydrogen-bond acceptors (Lipinski definition) is 3. The Morgan fingerprint density at radius 2 is 1.81 bits per heavy atom. The van der Waals surface area contributed by atoms with Gasteiger partial charge in [-0.15, -0.1) is 0 Å². The number of ether oxygens (including phenoxy) is 2. The summed E-state index contributed by atoms with van der Waals surface area (Å²) in [6, 6.07) is 15.9. The van der Waals surface area contributed by atoms with E-state index in [9.17, 15) is 5.11 Å². The zero-order valence-corrected chi connectivity index (χ0v) is 12.6. The van der Waals surface area contributed by atoms with Crippen LogP contribution in [0.2, 0.25) is 0 Å². The monoisotopic (exact) mass is 286 g/mol. The Hall–Kier alpha value is -2.00. The van der Waals surface area contributed by atoms with E-state index in [0.29, 0.717) is 6.61 Å². The van der Waals surface area contributed by atoms with Gasteiger partial charge in [-0.3, -0.25) is 0 Å². The first-order chi connectivity index (χ1) is 10.3. The Balaban J connectivity index is 2.12. The summed E-state index contributed by atoms with van der Waals surface area (Å²) in [4.78, 5) is 0. The third kappa shape index (κ3) is 4.23. The van der Waals surface area contributed by atoms with Crippen LogP contribution in [-0.2, 0) is 6.42 Å². The molecule has 0 aliphatic heterocycles. The van der Waals surface area contributed by atoms with Crippen molar-refractivity contribution in [3.8, 4) is 11.5 Å². The third-order valence-corrected chi connectivity index (χ3v) is 3.50. The molecule has 1 N–H and O–H groups in total. The Labute approximate surface area is 126 Å². The van der Waals surface area contributed by atoms with Gasteiger partial charge in [0.05, 0.1) is 20.3 Å². The molecule has 0 amide bonds.